The molecule has 1 nitrogen and oxygen atoms in total. The van der Waals surface area contributed by atoms with Crippen molar-refractivity contribution in [2.45, 2.75) is 20.3 Å². The Morgan fingerprint density at radius 3 is 1.95 bits per heavy atom. The van der Waals surface area contributed by atoms with Crippen LogP contribution in [0.25, 0.3) is 0 Å². The third kappa shape index (κ3) is 2.99. The molecule has 2 aromatic carbocycles. The molecule has 0 aliphatic carbocycles. The largest absolute Gasteiger partial charge is 0.294 e. The van der Waals surface area contributed by atoms with E-state index in [-0.39, 0.29) is 12.2 Å². The Balaban J connectivity index is 2.37. The van der Waals surface area contributed by atoms with Gasteiger partial charge in [0.1, 0.15) is 0 Å². The highest BCUT2D eigenvalue weighted by molar-refractivity contribution is 6.36. The highest BCUT2D eigenvalue weighted by Gasteiger charge is 2.15. The van der Waals surface area contributed by atoms with Gasteiger partial charge in [-0.25, -0.2) is 0 Å². The van der Waals surface area contributed by atoms with Crippen LogP contribution in [-0.2, 0) is 6.42 Å². The molecule has 98 valence electrons. The molecule has 0 unspecified atom stereocenters. The van der Waals surface area contributed by atoms with Crippen LogP contribution in [0, 0.1) is 13.8 Å². The lowest BCUT2D eigenvalue weighted by Gasteiger charge is -2.10. The number of halogens is 2. The van der Waals surface area contributed by atoms with Crippen LogP contribution in [0.3, 0.4) is 0 Å². The first kappa shape index (κ1) is 14.1. The summed E-state index contributed by atoms with van der Waals surface area (Å²) in [6, 6.07) is 11.1. The van der Waals surface area contributed by atoms with Crippen LogP contribution >= 0.6 is 23.2 Å². The monoisotopic (exact) mass is 292 g/mol. The van der Waals surface area contributed by atoms with Crippen LogP contribution in [-0.4, -0.2) is 5.78 Å². The Hall–Kier alpha value is -1.31. The summed E-state index contributed by atoms with van der Waals surface area (Å²) >= 11 is 12.2. The molecule has 0 saturated heterocycles. The number of carbonyl (C=O) groups is 1. The molecule has 0 amide bonds. The van der Waals surface area contributed by atoms with Gasteiger partial charge in [-0.15, -0.1) is 0 Å². The third-order valence-corrected chi connectivity index (χ3v) is 3.87. The van der Waals surface area contributed by atoms with Gasteiger partial charge in [-0.1, -0.05) is 47.5 Å². The number of carbonyl (C=O) groups excluding carboxylic acids is 1. The summed E-state index contributed by atoms with van der Waals surface area (Å²) in [6.45, 7) is 3.88. The highest BCUT2D eigenvalue weighted by Crippen LogP contribution is 2.26. The van der Waals surface area contributed by atoms with E-state index in [0.717, 1.165) is 16.7 Å². The molecule has 0 aliphatic rings. The minimum Gasteiger partial charge on any atom is -0.294 e. The van der Waals surface area contributed by atoms with Crippen LogP contribution in [0.2, 0.25) is 10.0 Å². The van der Waals surface area contributed by atoms with Crippen LogP contribution in [0.1, 0.15) is 27.0 Å². The smallest absolute Gasteiger partial charge is 0.167 e. The number of ketones is 1. The van der Waals surface area contributed by atoms with Crippen molar-refractivity contribution in [1.82, 2.24) is 0 Å². The second-order valence-electron chi connectivity index (χ2n) is 4.57. The number of hydrogen-bond acceptors (Lipinski definition) is 1. The fraction of sp³-hybridized carbons (Fsp3) is 0.188. The zero-order valence-electron chi connectivity index (χ0n) is 10.8. The summed E-state index contributed by atoms with van der Waals surface area (Å²) in [5.41, 5.74) is 3.42. The molecule has 0 radical (unpaired) electrons. The normalized spacial score (nSPS) is 10.5. The van der Waals surface area contributed by atoms with E-state index in [4.69, 9.17) is 23.2 Å². The van der Waals surface area contributed by atoms with Gasteiger partial charge in [-0.2, -0.15) is 0 Å². The van der Waals surface area contributed by atoms with Gasteiger partial charge in [0, 0.05) is 22.0 Å². The summed E-state index contributed by atoms with van der Waals surface area (Å²) in [6.07, 6.45) is 0.226. The summed E-state index contributed by atoms with van der Waals surface area (Å²) < 4.78 is 0. The first-order valence-corrected chi connectivity index (χ1v) is 6.78. The first-order chi connectivity index (χ1) is 9.00. The quantitative estimate of drug-likeness (QED) is 0.725. The Kier molecular flexibility index (Phi) is 4.28. The average Bonchev–Trinajstić information content (AvgIpc) is 2.34. The molecule has 0 spiro atoms. The molecule has 0 bridgehead atoms. The number of hydrogen-bond donors (Lipinski definition) is 0. The van der Waals surface area contributed by atoms with Gasteiger partial charge < -0.3 is 0 Å². The fourth-order valence-electron chi connectivity index (χ4n) is 2.20. The molecule has 3 heteroatoms. The van der Waals surface area contributed by atoms with E-state index in [1.807, 2.05) is 32.0 Å². The molecule has 0 atom stereocenters. The molecule has 0 saturated carbocycles. The second-order valence-corrected chi connectivity index (χ2v) is 5.38. The summed E-state index contributed by atoms with van der Waals surface area (Å²) in [4.78, 5) is 12.4. The molecule has 0 fully saturated rings. The van der Waals surface area contributed by atoms with Crippen molar-refractivity contribution in [3.8, 4) is 0 Å². The molecular formula is C16H14Cl2O. The Labute approximate surface area is 123 Å². The zero-order chi connectivity index (χ0) is 14.0. The summed E-state index contributed by atoms with van der Waals surface area (Å²) in [7, 11) is 0. The predicted molar refractivity (Wildman–Crippen MR) is 80.4 cm³/mol. The van der Waals surface area contributed by atoms with Crippen molar-refractivity contribution in [2.75, 3.05) is 0 Å². The average molecular weight is 293 g/mol. The molecule has 0 aromatic heterocycles. The SMILES string of the molecule is Cc1cccc(C)c1C(=O)Cc1c(Cl)cccc1Cl. The fourth-order valence-corrected chi connectivity index (χ4v) is 2.74. The van der Waals surface area contributed by atoms with Crippen molar-refractivity contribution in [3.63, 3.8) is 0 Å². The van der Waals surface area contributed by atoms with Gasteiger partial charge in [0.05, 0.1) is 0 Å². The van der Waals surface area contributed by atoms with E-state index in [2.05, 4.69) is 0 Å². The Morgan fingerprint density at radius 1 is 0.947 bits per heavy atom. The minimum atomic E-state index is 0.0469. The maximum atomic E-state index is 12.4. The van der Waals surface area contributed by atoms with Gasteiger partial charge >= 0.3 is 0 Å². The van der Waals surface area contributed by atoms with Crippen molar-refractivity contribution in [1.29, 1.82) is 0 Å². The number of aryl methyl sites for hydroxylation is 2. The van der Waals surface area contributed by atoms with Crippen molar-refractivity contribution in [3.05, 3.63) is 68.7 Å². The topological polar surface area (TPSA) is 17.1 Å². The molecule has 19 heavy (non-hydrogen) atoms. The molecule has 0 heterocycles. The molecular weight excluding hydrogens is 279 g/mol. The summed E-state index contributed by atoms with van der Waals surface area (Å²) in [5.74, 6) is 0.0469. The van der Waals surface area contributed by atoms with Crippen LogP contribution < -0.4 is 0 Å². The number of rotatable bonds is 3. The Morgan fingerprint density at radius 2 is 1.42 bits per heavy atom. The van der Waals surface area contributed by atoms with Crippen molar-refractivity contribution < 1.29 is 4.79 Å². The Bertz CT molecular complexity index is 592. The van der Waals surface area contributed by atoms with Crippen LogP contribution in [0.4, 0.5) is 0 Å². The van der Waals surface area contributed by atoms with Gasteiger partial charge in [-0.3, -0.25) is 4.79 Å². The van der Waals surface area contributed by atoms with Gasteiger partial charge in [0.25, 0.3) is 0 Å². The third-order valence-electron chi connectivity index (χ3n) is 3.16. The van der Waals surface area contributed by atoms with E-state index in [1.54, 1.807) is 18.2 Å². The van der Waals surface area contributed by atoms with Crippen LogP contribution in [0.15, 0.2) is 36.4 Å². The maximum Gasteiger partial charge on any atom is 0.167 e. The van der Waals surface area contributed by atoms with Gasteiger partial charge in [0.2, 0.25) is 0 Å². The van der Waals surface area contributed by atoms with E-state index in [1.165, 1.54) is 0 Å². The number of benzene rings is 2. The molecule has 0 aliphatic heterocycles. The standard InChI is InChI=1S/C16H14Cl2O/c1-10-5-3-6-11(2)16(10)15(19)9-12-13(17)7-4-8-14(12)18/h3-8H,9H2,1-2H3. The molecule has 2 rings (SSSR count). The van der Waals surface area contributed by atoms with Gasteiger partial charge in [-0.05, 0) is 42.7 Å². The second kappa shape index (κ2) is 5.77. The lowest BCUT2D eigenvalue weighted by Crippen LogP contribution is -2.08. The highest BCUT2D eigenvalue weighted by atomic mass is 35.5. The van der Waals surface area contributed by atoms with Crippen LogP contribution in [0.5, 0.6) is 0 Å². The predicted octanol–water partition coefficient (Wildman–Crippen LogP) is 5.04. The van der Waals surface area contributed by atoms with E-state index < -0.39 is 0 Å². The first-order valence-electron chi connectivity index (χ1n) is 6.03. The van der Waals surface area contributed by atoms with E-state index in [0.29, 0.717) is 15.6 Å². The minimum absolute atomic E-state index is 0.0469. The van der Waals surface area contributed by atoms with Crippen molar-refractivity contribution >= 4 is 29.0 Å². The van der Waals surface area contributed by atoms with Gasteiger partial charge in [0.15, 0.2) is 5.78 Å². The summed E-state index contributed by atoms with van der Waals surface area (Å²) in [5, 5.41) is 1.07. The lowest BCUT2D eigenvalue weighted by molar-refractivity contribution is 0.0992. The van der Waals surface area contributed by atoms with E-state index in [9.17, 15) is 4.79 Å². The van der Waals surface area contributed by atoms with Crippen molar-refractivity contribution in [2.24, 2.45) is 0 Å². The molecule has 0 N–H and O–H groups in total. The lowest BCUT2D eigenvalue weighted by atomic mass is 9.95. The van der Waals surface area contributed by atoms with E-state index >= 15 is 0 Å². The molecule has 2 aromatic rings. The maximum absolute atomic E-state index is 12.4. The number of Topliss-reactive ketones (excluding diaryl/α,β-unsaturated/α-hetero) is 1. The zero-order valence-corrected chi connectivity index (χ0v) is 12.3.